The highest BCUT2D eigenvalue weighted by atomic mass is 35.5. The molecule has 1 aliphatic carbocycles. The molecular weight excluding hydrogens is 332 g/mol. The third kappa shape index (κ3) is 3.01. The van der Waals surface area contributed by atoms with Crippen LogP contribution in [0.3, 0.4) is 0 Å². The van der Waals surface area contributed by atoms with Crippen molar-refractivity contribution in [2.24, 2.45) is 5.41 Å². The molecule has 2 atom stereocenters. The summed E-state index contributed by atoms with van der Waals surface area (Å²) in [6, 6.07) is 3.84. The molecule has 1 saturated carbocycles. The van der Waals surface area contributed by atoms with E-state index in [-0.39, 0.29) is 23.3 Å². The Morgan fingerprint density at radius 3 is 2.91 bits per heavy atom. The van der Waals surface area contributed by atoms with Gasteiger partial charge in [-0.15, -0.1) is 11.3 Å². The highest BCUT2D eigenvalue weighted by Gasteiger charge is 2.50. The van der Waals surface area contributed by atoms with Gasteiger partial charge in [-0.25, -0.2) is 0 Å². The van der Waals surface area contributed by atoms with Crippen molar-refractivity contribution in [3.05, 3.63) is 21.3 Å². The van der Waals surface area contributed by atoms with Gasteiger partial charge in [0.15, 0.2) is 0 Å². The summed E-state index contributed by atoms with van der Waals surface area (Å²) in [4.78, 5) is 29.4. The maximum Gasteiger partial charge on any atom is 0.263 e. The molecule has 1 aliphatic heterocycles. The lowest BCUT2D eigenvalue weighted by Crippen LogP contribution is -2.56. The fourth-order valence-corrected chi connectivity index (χ4v) is 5.43. The van der Waals surface area contributed by atoms with Crippen molar-refractivity contribution in [2.75, 3.05) is 20.1 Å². The Hall–Kier alpha value is -1.07. The summed E-state index contributed by atoms with van der Waals surface area (Å²) in [5.74, 6) is 0.302. The molecule has 3 rings (SSSR count). The molecule has 0 spiro atoms. The van der Waals surface area contributed by atoms with Crippen LogP contribution in [0.5, 0.6) is 0 Å². The Bertz CT molecular complexity index is 617. The van der Waals surface area contributed by atoms with Gasteiger partial charge in [-0.1, -0.05) is 18.0 Å². The Kier molecular flexibility index (Phi) is 4.70. The minimum Gasteiger partial charge on any atom is -0.340 e. The van der Waals surface area contributed by atoms with Gasteiger partial charge in [0.2, 0.25) is 5.91 Å². The Morgan fingerprint density at radius 2 is 2.26 bits per heavy atom. The van der Waals surface area contributed by atoms with Gasteiger partial charge in [-0.2, -0.15) is 0 Å². The summed E-state index contributed by atoms with van der Waals surface area (Å²) in [6.45, 7) is 3.54. The number of rotatable bonds is 4. The molecule has 126 valence electrons. The summed E-state index contributed by atoms with van der Waals surface area (Å²) in [7, 11) is 1.87. The SMILES string of the molecule is CCN1C(=O)CCC2(CN(C)C(=O)c3ccc(Cl)s3)CCCC12. The third-order valence-corrected chi connectivity index (χ3v) is 6.64. The summed E-state index contributed by atoms with van der Waals surface area (Å²) in [5.41, 5.74) is 0.0649. The Morgan fingerprint density at radius 1 is 1.48 bits per heavy atom. The predicted molar refractivity (Wildman–Crippen MR) is 93.0 cm³/mol. The number of hydrogen-bond acceptors (Lipinski definition) is 3. The topological polar surface area (TPSA) is 40.6 Å². The molecule has 0 bridgehead atoms. The second-order valence-electron chi connectivity index (χ2n) is 6.72. The quantitative estimate of drug-likeness (QED) is 0.828. The molecule has 0 radical (unpaired) electrons. The van der Waals surface area contributed by atoms with Crippen LogP contribution in [0.25, 0.3) is 0 Å². The molecule has 1 aromatic rings. The Balaban J connectivity index is 1.77. The van der Waals surface area contributed by atoms with Crippen LogP contribution < -0.4 is 0 Å². The zero-order chi connectivity index (χ0) is 16.6. The van der Waals surface area contributed by atoms with E-state index < -0.39 is 0 Å². The molecule has 1 aromatic heterocycles. The molecule has 0 aromatic carbocycles. The number of amides is 2. The van der Waals surface area contributed by atoms with Gasteiger partial charge >= 0.3 is 0 Å². The fourth-order valence-electron chi connectivity index (χ4n) is 4.39. The number of carbonyl (C=O) groups excluding carboxylic acids is 2. The average Bonchev–Trinajstić information content (AvgIpc) is 3.13. The van der Waals surface area contributed by atoms with Crippen molar-refractivity contribution < 1.29 is 9.59 Å². The molecule has 0 N–H and O–H groups in total. The zero-order valence-electron chi connectivity index (χ0n) is 13.7. The summed E-state index contributed by atoms with van der Waals surface area (Å²) >= 11 is 7.27. The third-order valence-electron chi connectivity index (χ3n) is 5.42. The molecule has 2 heterocycles. The fraction of sp³-hybridized carbons (Fsp3) is 0.647. The van der Waals surface area contributed by atoms with Crippen molar-refractivity contribution in [3.63, 3.8) is 0 Å². The van der Waals surface area contributed by atoms with Crippen LogP contribution in [0.15, 0.2) is 12.1 Å². The van der Waals surface area contributed by atoms with Crippen molar-refractivity contribution in [1.29, 1.82) is 0 Å². The lowest BCUT2D eigenvalue weighted by Gasteiger charge is -2.47. The first-order valence-electron chi connectivity index (χ1n) is 8.27. The van der Waals surface area contributed by atoms with E-state index in [2.05, 4.69) is 6.92 Å². The van der Waals surface area contributed by atoms with Crippen LogP contribution in [0.1, 0.15) is 48.7 Å². The lowest BCUT2D eigenvalue weighted by atomic mass is 9.74. The van der Waals surface area contributed by atoms with E-state index in [0.29, 0.717) is 15.6 Å². The molecule has 1 saturated heterocycles. The van der Waals surface area contributed by atoms with E-state index in [0.717, 1.165) is 38.8 Å². The minimum absolute atomic E-state index is 0.0295. The number of nitrogens with zero attached hydrogens (tertiary/aromatic N) is 2. The van der Waals surface area contributed by atoms with E-state index in [1.54, 1.807) is 12.1 Å². The number of carbonyl (C=O) groups is 2. The van der Waals surface area contributed by atoms with E-state index in [1.807, 2.05) is 16.8 Å². The van der Waals surface area contributed by atoms with Crippen LogP contribution in [0, 0.1) is 5.41 Å². The van der Waals surface area contributed by atoms with Crippen molar-refractivity contribution in [2.45, 2.75) is 45.1 Å². The lowest BCUT2D eigenvalue weighted by molar-refractivity contribution is -0.141. The zero-order valence-corrected chi connectivity index (χ0v) is 15.3. The smallest absolute Gasteiger partial charge is 0.263 e. The van der Waals surface area contributed by atoms with Crippen LogP contribution in [-0.4, -0.2) is 47.8 Å². The van der Waals surface area contributed by atoms with Gasteiger partial charge in [0, 0.05) is 38.0 Å². The van der Waals surface area contributed by atoms with Gasteiger partial charge in [-0.3, -0.25) is 9.59 Å². The van der Waals surface area contributed by atoms with Crippen LogP contribution in [0.4, 0.5) is 0 Å². The van der Waals surface area contributed by atoms with Gasteiger partial charge in [-0.05, 0) is 38.3 Å². The van der Waals surface area contributed by atoms with E-state index in [4.69, 9.17) is 11.6 Å². The maximum absolute atomic E-state index is 12.6. The monoisotopic (exact) mass is 354 g/mol. The van der Waals surface area contributed by atoms with Gasteiger partial charge in [0.1, 0.15) is 0 Å². The van der Waals surface area contributed by atoms with Gasteiger partial charge in [0.05, 0.1) is 9.21 Å². The van der Waals surface area contributed by atoms with Crippen molar-refractivity contribution in [1.82, 2.24) is 9.80 Å². The number of thiophene rings is 1. The predicted octanol–water partition coefficient (Wildman–Crippen LogP) is 3.65. The standard InChI is InChI=1S/C17H23ClN2O2S/c1-3-20-13-5-4-9-17(13,10-8-15(20)21)11-19(2)16(22)12-6-7-14(18)23-12/h6-7,13H,3-5,8-11H2,1-2H3. The number of halogens is 1. The highest BCUT2D eigenvalue weighted by Crippen LogP contribution is 2.48. The van der Waals surface area contributed by atoms with Gasteiger partial charge in [0.25, 0.3) is 5.91 Å². The number of fused-ring (bicyclic) bond motifs is 1. The molecule has 2 unspecified atom stereocenters. The van der Waals surface area contributed by atoms with Crippen molar-refractivity contribution >= 4 is 34.8 Å². The summed E-state index contributed by atoms with van der Waals surface area (Å²) in [6.07, 6.45) is 4.81. The Labute approximate surface area is 146 Å². The minimum atomic E-state index is 0.0295. The molecule has 2 fully saturated rings. The molecular formula is C17H23ClN2O2S. The first-order chi connectivity index (χ1) is 11.0. The highest BCUT2D eigenvalue weighted by molar-refractivity contribution is 7.17. The normalized spacial score (nSPS) is 27.2. The van der Waals surface area contributed by atoms with Crippen LogP contribution >= 0.6 is 22.9 Å². The molecule has 6 heteroatoms. The second-order valence-corrected chi connectivity index (χ2v) is 8.43. The number of piperidine rings is 1. The van der Waals surface area contributed by atoms with Gasteiger partial charge < -0.3 is 9.80 Å². The summed E-state index contributed by atoms with van der Waals surface area (Å²) < 4.78 is 0.638. The maximum atomic E-state index is 12.6. The largest absolute Gasteiger partial charge is 0.340 e. The second kappa shape index (κ2) is 6.44. The molecule has 2 aliphatic rings. The first-order valence-corrected chi connectivity index (χ1v) is 9.46. The molecule has 2 amide bonds. The van der Waals surface area contributed by atoms with E-state index in [1.165, 1.54) is 11.3 Å². The van der Waals surface area contributed by atoms with Crippen molar-refractivity contribution in [3.8, 4) is 0 Å². The van der Waals surface area contributed by atoms with Crippen LogP contribution in [0.2, 0.25) is 4.34 Å². The average molecular weight is 355 g/mol. The van der Waals surface area contributed by atoms with E-state index >= 15 is 0 Å². The first kappa shape index (κ1) is 16.8. The number of likely N-dealkylation sites (tertiary alicyclic amines) is 1. The molecule has 23 heavy (non-hydrogen) atoms. The number of hydrogen-bond donors (Lipinski definition) is 0. The molecule has 4 nitrogen and oxygen atoms in total. The van der Waals surface area contributed by atoms with E-state index in [9.17, 15) is 9.59 Å². The van der Waals surface area contributed by atoms with Crippen LogP contribution in [-0.2, 0) is 4.79 Å². The summed E-state index contributed by atoms with van der Waals surface area (Å²) in [5, 5.41) is 0.